The molecule has 0 saturated heterocycles. The van der Waals surface area contributed by atoms with Gasteiger partial charge in [-0.25, -0.2) is 9.36 Å². The van der Waals surface area contributed by atoms with Crippen LogP contribution in [0.2, 0.25) is 0 Å². The van der Waals surface area contributed by atoms with Gasteiger partial charge in [-0.1, -0.05) is 47.8 Å². The molecule has 2 fully saturated rings. The van der Waals surface area contributed by atoms with Gasteiger partial charge < -0.3 is 0 Å². The number of aromatic nitrogens is 8. The predicted octanol–water partition coefficient (Wildman–Crippen LogP) is 2.91. The van der Waals surface area contributed by atoms with E-state index < -0.39 is 0 Å². The number of tetrazole rings is 2. The van der Waals surface area contributed by atoms with Crippen molar-refractivity contribution < 1.29 is 0 Å². The fourth-order valence-corrected chi connectivity index (χ4v) is 4.54. The molecule has 2 aliphatic carbocycles. The molecule has 0 radical (unpaired) electrons. The molecule has 0 N–H and O–H groups in total. The highest BCUT2D eigenvalue weighted by Gasteiger charge is 2.28. The van der Waals surface area contributed by atoms with Gasteiger partial charge in [-0.3, -0.25) is 0 Å². The highest BCUT2D eigenvalue weighted by atomic mass is 32.2. The Hall–Kier alpha value is -1.94. The maximum absolute atomic E-state index is 4.15. The summed E-state index contributed by atoms with van der Waals surface area (Å²) in [5.41, 5.74) is 2.56. The Morgan fingerprint density at radius 1 is 0.808 bits per heavy atom. The van der Waals surface area contributed by atoms with Crippen molar-refractivity contribution in [3.8, 4) is 0 Å². The fraction of sp³-hybridized carbons (Fsp3) is 0.500. The average molecular weight is 387 g/mol. The van der Waals surface area contributed by atoms with Gasteiger partial charge in [0.15, 0.2) is 0 Å². The number of thioether (sulfide) groups is 2. The van der Waals surface area contributed by atoms with E-state index in [0.717, 1.165) is 21.8 Å². The molecular formula is C16H18N8S2. The van der Waals surface area contributed by atoms with Crippen LogP contribution in [0.3, 0.4) is 0 Å². The number of hydrogen-bond acceptors (Lipinski definition) is 8. The number of benzene rings is 1. The maximum Gasteiger partial charge on any atom is 0.209 e. The summed E-state index contributed by atoms with van der Waals surface area (Å²) in [5, 5.41) is 26.0. The van der Waals surface area contributed by atoms with Crippen molar-refractivity contribution in [2.24, 2.45) is 0 Å². The zero-order valence-corrected chi connectivity index (χ0v) is 15.7. The van der Waals surface area contributed by atoms with E-state index in [0.29, 0.717) is 12.1 Å². The van der Waals surface area contributed by atoms with Crippen molar-refractivity contribution in [2.75, 3.05) is 0 Å². The van der Waals surface area contributed by atoms with Crippen molar-refractivity contribution >= 4 is 23.5 Å². The van der Waals surface area contributed by atoms with Crippen LogP contribution in [0.25, 0.3) is 0 Å². The lowest BCUT2D eigenvalue weighted by molar-refractivity contribution is 0.565. The van der Waals surface area contributed by atoms with Crippen LogP contribution in [0, 0.1) is 0 Å². The van der Waals surface area contributed by atoms with Crippen LogP contribution in [0.4, 0.5) is 0 Å². The van der Waals surface area contributed by atoms with Crippen LogP contribution >= 0.6 is 23.5 Å². The normalized spacial score (nSPS) is 16.9. The average Bonchev–Trinajstić information content (AvgIpc) is 3.60. The van der Waals surface area contributed by atoms with Crippen LogP contribution in [-0.2, 0) is 11.5 Å². The molecule has 0 aliphatic heterocycles. The van der Waals surface area contributed by atoms with Crippen molar-refractivity contribution in [2.45, 2.75) is 59.6 Å². The Labute approximate surface area is 159 Å². The molecule has 5 rings (SSSR count). The quantitative estimate of drug-likeness (QED) is 0.546. The van der Waals surface area contributed by atoms with Gasteiger partial charge in [-0.15, -0.1) is 10.2 Å². The molecule has 0 bridgehead atoms. The third-order valence-electron chi connectivity index (χ3n) is 4.44. The topological polar surface area (TPSA) is 87.2 Å². The first-order valence-electron chi connectivity index (χ1n) is 8.76. The zero-order chi connectivity index (χ0) is 17.3. The number of hydrogen-bond donors (Lipinski definition) is 0. The summed E-state index contributed by atoms with van der Waals surface area (Å²) in [5.74, 6) is 1.73. The second-order valence-electron chi connectivity index (χ2n) is 6.67. The van der Waals surface area contributed by atoms with E-state index in [9.17, 15) is 0 Å². The lowest BCUT2D eigenvalue weighted by Crippen LogP contribution is -1.99. The molecule has 2 heterocycles. The van der Waals surface area contributed by atoms with E-state index in [2.05, 4.69) is 55.3 Å². The van der Waals surface area contributed by atoms with Crippen molar-refractivity contribution in [1.29, 1.82) is 0 Å². The molecule has 2 saturated carbocycles. The molecular weight excluding hydrogens is 368 g/mol. The van der Waals surface area contributed by atoms with Gasteiger partial charge in [0.1, 0.15) is 0 Å². The minimum atomic E-state index is 0.507. The molecule has 2 aromatic heterocycles. The van der Waals surface area contributed by atoms with Gasteiger partial charge in [0.2, 0.25) is 10.3 Å². The Morgan fingerprint density at radius 2 is 1.31 bits per heavy atom. The van der Waals surface area contributed by atoms with Crippen LogP contribution < -0.4 is 0 Å². The van der Waals surface area contributed by atoms with Crippen molar-refractivity contribution in [3.05, 3.63) is 35.4 Å². The minimum absolute atomic E-state index is 0.507. The highest BCUT2D eigenvalue weighted by molar-refractivity contribution is 7.98. The third-order valence-corrected chi connectivity index (χ3v) is 6.45. The molecule has 8 nitrogen and oxygen atoms in total. The van der Waals surface area contributed by atoms with E-state index in [1.165, 1.54) is 36.8 Å². The second-order valence-corrected chi connectivity index (χ2v) is 8.56. The number of rotatable bonds is 8. The Morgan fingerprint density at radius 3 is 1.77 bits per heavy atom. The summed E-state index contributed by atoms with van der Waals surface area (Å²) in [6, 6.07) is 9.68. The second kappa shape index (κ2) is 6.99. The van der Waals surface area contributed by atoms with Crippen LogP contribution in [-0.4, -0.2) is 40.4 Å². The smallest absolute Gasteiger partial charge is 0.209 e. The molecule has 0 amide bonds. The molecule has 0 atom stereocenters. The third kappa shape index (κ3) is 3.61. The number of nitrogens with zero attached hydrogens (tertiary/aromatic N) is 8. The summed E-state index contributed by atoms with van der Waals surface area (Å²) in [6.07, 6.45) is 4.74. The van der Waals surface area contributed by atoms with Crippen LogP contribution in [0.1, 0.15) is 48.9 Å². The molecule has 1 aromatic carbocycles. The SMILES string of the molecule is c1cc(CSc2nnnn2C2CC2)cc(CSc2nnnn2C2CC2)c1. The molecule has 10 heteroatoms. The zero-order valence-electron chi connectivity index (χ0n) is 14.1. The van der Waals surface area contributed by atoms with Gasteiger partial charge in [-0.05, 0) is 57.7 Å². The molecule has 2 aliphatic rings. The summed E-state index contributed by atoms with van der Waals surface area (Å²) in [7, 11) is 0. The first-order chi connectivity index (χ1) is 12.9. The monoisotopic (exact) mass is 386 g/mol. The first-order valence-corrected chi connectivity index (χ1v) is 10.7. The lowest BCUT2D eigenvalue weighted by Gasteiger charge is -2.06. The first kappa shape index (κ1) is 16.2. The lowest BCUT2D eigenvalue weighted by atomic mass is 10.2. The fourth-order valence-electron chi connectivity index (χ4n) is 2.76. The van der Waals surface area contributed by atoms with Crippen molar-refractivity contribution in [3.63, 3.8) is 0 Å². The van der Waals surface area contributed by atoms with Gasteiger partial charge in [0.05, 0.1) is 12.1 Å². The molecule has 134 valence electrons. The van der Waals surface area contributed by atoms with E-state index >= 15 is 0 Å². The summed E-state index contributed by atoms with van der Waals surface area (Å²) in [4.78, 5) is 0. The minimum Gasteiger partial charge on any atom is -0.217 e. The van der Waals surface area contributed by atoms with E-state index in [-0.39, 0.29) is 0 Å². The Balaban J connectivity index is 1.21. The largest absolute Gasteiger partial charge is 0.217 e. The maximum atomic E-state index is 4.15. The van der Waals surface area contributed by atoms with E-state index in [4.69, 9.17) is 0 Å². The van der Waals surface area contributed by atoms with Gasteiger partial charge >= 0.3 is 0 Å². The molecule has 0 spiro atoms. The van der Waals surface area contributed by atoms with Gasteiger partial charge in [0.25, 0.3) is 0 Å². The molecule has 26 heavy (non-hydrogen) atoms. The highest BCUT2D eigenvalue weighted by Crippen LogP contribution is 2.38. The molecule has 0 unspecified atom stereocenters. The van der Waals surface area contributed by atoms with Crippen molar-refractivity contribution in [1.82, 2.24) is 40.4 Å². The van der Waals surface area contributed by atoms with E-state index in [1.54, 1.807) is 23.5 Å². The van der Waals surface area contributed by atoms with Gasteiger partial charge in [0, 0.05) is 11.5 Å². The van der Waals surface area contributed by atoms with Crippen LogP contribution in [0.5, 0.6) is 0 Å². The van der Waals surface area contributed by atoms with Gasteiger partial charge in [-0.2, -0.15) is 0 Å². The summed E-state index contributed by atoms with van der Waals surface area (Å²) in [6.45, 7) is 0. The summed E-state index contributed by atoms with van der Waals surface area (Å²) < 4.78 is 3.92. The Bertz CT molecular complexity index is 830. The van der Waals surface area contributed by atoms with Crippen LogP contribution in [0.15, 0.2) is 34.6 Å². The Kier molecular flexibility index (Phi) is 4.37. The molecule has 3 aromatic rings. The van der Waals surface area contributed by atoms with E-state index in [1.807, 2.05) is 9.36 Å². The standard InChI is InChI=1S/C16H18N8S2/c1-2-11(9-25-15-17-19-21-23(15)13-4-5-13)8-12(3-1)10-26-16-18-20-22-24(16)14-6-7-14/h1-3,8,13-14H,4-7,9-10H2. The predicted molar refractivity (Wildman–Crippen MR) is 97.7 cm³/mol. The summed E-state index contributed by atoms with van der Waals surface area (Å²) >= 11 is 3.40.